The first-order valence-electron chi connectivity index (χ1n) is 17.6. The minimum atomic E-state index is -4.53. The van der Waals surface area contributed by atoms with Gasteiger partial charge < -0.3 is 30.1 Å². The monoisotopic (exact) mass is 801 g/mol. The maximum Gasteiger partial charge on any atom is 0.416 e. The maximum absolute atomic E-state index is 14.7. The molecule has 0 unspecified atom stereocenters. The number of aliphatic hydroxyl groups is 1. The number of carbonyl (C=O) groups is 3. The topological polar surface area (TPSA) is 119 Å². The van der Waals surface area contributed by atoms with Crippen LogP contribution in [0.4, 0.5) is 17.6 Å². The van der Waals surface area contributed by atoms with Crippen LogP contribution in [0.1, 0.15) is 60.8 Å². The minimum absolute atomic E-state index is 0.0163. The molecule has 2 aliphatic heterocycles. The van der Waals surface area contributed by atoms with Crippen LogP contribution in [0.5, 0.6) is 5.75 Å². The highest BCUT2D eigenvalue weighted by Gasteiger charge is 2.43. The van der Waals surface area contributed by atoms with Gasteiger partial charge in [-0.25, -0.2) is 4.39 Å². The molecule has 1 aliphatic carbocycles. The second kappa shape index (κ2) is 16.4. The summed E-state index contributed by atoms with van der Waals surface area (Å²) in [6.07, 6.45) is -3.66. The third-order valence-corrected chi connectivity index (χ3v) is 10.4. The highest BCUT2D eigenvalue weighted by atomic mass is 79.9. The number of nitrogens with one attached hydrogen (secondary N) is 1. The summed E-state index contributed by atoms with van der Waals surface area (Å²) in [5.74, 6) is -1.93. The van der Waals surface area contributed by atoms with Gasteiger partial charge in [0.05, 0.1) is 41.6 Å². The number of rotatable bonds is 14. The molecule has 1 saturated heterocycles. The normalized spacial score (nSPS) is 19.2. The molecule has 1 saturated carbocycles. The van der Waals surface area contributed by atoms with Gasteiger partial charge in [0.15, 0.2) is 0 Å². The molecule has 6 rings (SSSR count). The quantitative estimate of drug-likeness (QED) is 0.128. The number of aryl methyl sites for hydroxylation is 1. The van der Waals surface area contributed by atoms with Gasteiger partial charge in [0.25, 0.3) is 5.91 Å². The number of carbonyl (C=O) groups excluding carboxylic acids is 2. The average molecular weight is 803 g/mol. The van der Waals surface area contributed by atoms with Crippen molar-refractivity contribution in [1.82, 2.24) is 15.1 Å². The zero-order valence-electron chi connectivity index (χ0n) is 28.8. The first-order valence-corrected chi connectivity index (χ1v) is 18.4. The number of amides is 2. The van der Waals surface area contributed by atoms with E-state index in [4.69, 9.17) is 9.84 Å². The molecule has 0 radical (unpaired) electrons. The van der Waals surface area contributed by atoms with E-state index < -0.39 is 48.0 Å². The van der Waals surface area contributed by atoms with Gasteiger partial charge in [0.1, 0.15) is 11.6 Å². The highest BCUT2D eigenvalue weighted by molar-refractivity contribution is 9.10. The Labute approximate surface area is 312 Å². The fraction of sp³-hybridized carbons (Fsp3) is 0.410. The lowest BCUT2D eigenvalue weighted by atomic mass is 9.82. The van der Waals surface area contributed by atoms with E-state index in [2.05, 4.69) is 21.2 Å². The minimum Gasteiger partial charge on any atom is -0.492 e. The van der Waals surface area contributed by atoms with Crippen LogP contribution in [-0.4, -0.2) is 81.7 Å². The lowest BCUT2D eigenvalue weighted by Gasteiger charge is -2.45. The number of ether oxygens (including phenoxy) is 1. The number of aliphatic hydroxyl groups excluding tert-OH is 1. The van der Waals surface area contributed by atoms with E-state index in [0.29, 0.717) is 60.1 Å². The van der Waals surface area contributed by atoms with Crippen LogP contribution in [0.2, 0.25) is 0 Å². The summed E-state index contributed by atoms with van der Waals surface area (Å²) < 4.78 is 60.7. The molecule has 2 bridgehead atoms. The molecule has 2 amide bonds. The number of fused-ring (bicyclic) bond motifs is 2. The molecule has 3 aromatic rings. The number of carboxylic acids is 1. The van der Waals surface area contributed by atoms with Gasteiger partial charge in [0, 0.05) is 43.4 Å². The van der Waals surface area contributed by atoms with Crippen LogP contribution < -0.4 is 10.1 Å². The number of hydrogen-bond acceptors (Lipinski definition) is 6. The van der Waals surface area contributed by atoms with Crippen molar-refractivity contribution in [1.29, 1.82) is 0 Å². The summed E-state index contributed by atoms with van der Waals surface area (Å²) >= 11 is 3.36. The third-order valence-electron chi connectivity index (χ3n) is 9.73. The number of hydrogen-bond donors (Lipinski definition) is 3. The molecule has 0 aromatic heterocycles. The number of halogens is 5. The van der Waals surface area contributed by atoms with Crippen molar-refractivity contribution in [2.45, 2.75) is 81.9 Å². The van der Waals surface area contributed by atoms with Crippen molar-refractivity contribution in [3.05, 3.63) is 105 Å². The predicted molar refractivity (Wildman–Crippen MR) is 191 cm³/mol. The number of piperazine rings is 1. The summed E-state index contributed by atoms with van der Waals surface area (Å²) in [4.78, 5) is 42.2. The van der Waals surface area contributed by atoms with Gasteiger partial charge >= 0.3 is 12.1 Å². The van der Waals surface area contributed by atoms with Crippen molar-refractivity contribution >= 4 is 39.3 Å². The number of benzene rings is 3. The largest absolute Gasteiger partial charge is 0.492 e. The van der Waals surface area contributed by atoms with Crippen molar-refractivity contribution in [3.63, 3.8) is 0 Å². The Morgan fingerprint density at radius 1 is 1.00 bits per heavy atom. The molecule has 3 aromatic carbocycles. The molecule has 3 aliphatic rings. The van der Waals surface area contributed by atoms with Crippen molar-refractivity contribution in [2.24, 2.45) is 0 Å². The second-order valence-corrected chi connectivity index (χ2v) is 14.7. The van der Waals surface area contributed by atoms with Gasteiger partial charge in [-0.3, -0.25) is 14.4 Å². The first-order chi connectivity index (χ1) is 25.2. The molecule has 3 N–H and O–H groups in total. The van der Waals surface area contributed by atoms with E-state index in [1.807, 2.05) is 24.3 Å². The van der Waals surface area contributed by atoms with E-state index in [1.165, 1.54) is 18.2 Å². The zero-order chi connectivity index (χ0) is 37.9. The predicted octanol–water partition coefficient (Wildman–Crippen LogP) is 6.36. The van der Waals surface area contributed by atoms with Crippen LogP contribution in [0, 0.1) is 5.82 Å². The number of aliphatic carboxylic acids is 1. The Hall–Kier alpha value is -4.27. The summed E-state index contributed by atoms with van der Waals surface area (Å²) in [6.45, 7) is 0.739. The number of carboxylic acid groups (broad SMARTS) is 1. The lowest BCUT2D eigenvalue weighted by Crippen LogP contribution is -2.62. The third kappa shape index (κ3) is 9.84. The van der Waals surface area contributed by atoms with E-state index in [1.54, 1.807) is 21.9 Å². The molecule has 2 heterocycles. The first kappa shape index (κ1) is 38.5. The summed E-state index contributed by atoms with van der Waals surface area (Å²) in [5, 5.41) is 22.7. The zero-order valence-corrected chi connectivity index (χ0v) is 30.3. The van der Waals surface area contributed by atoms with E-state index >= 15 is 0 Å². The summed E-state index contributed by atoms with van der Waals surface area (Å²) in [5.41, 5.74) is 2.64. The molecule has 3 atom stereocenters. The van der Waals surface area contributed by atoms with Crippen LogP contribution in [0.3, 0.4) is 0 Å². The Bertz CT molecular complexity index is 1870. The standard InChI is InChI=1S/C39H40BrF4N3O6/c40-32-13-10-27(41)16-34(32)53-14-2-4-23-6-8-25(9-7-23)31-17-28-21-46(35(49)18-30(48)19-36(50)51)22-33(45-28)37(31)38(52)47(29-11-12-29)20-24-3-1-5-26(15-24)39(42,43)44/h1,3,5-10,13,15-16,28-30,33,45,48H,2,4,11-12,14,17-22H2,(H,50,51)/t28-,30-,33-/m1/s1. The summed E-state index contributed by atoms with van der Waals surface area (Å²) in [6, 6.07) is 16.1. The Morgan fingerprint density at radius 2 is 1.75 bits per heavy atom. The Balaban J connectivity index is 1.25. The molecular weight excluding hydrogens is 762 g/mol. The molecule has 9 nitrogen and oxygen atoms in total. The lowest BCUT2D eigenvalue weighted by molar-refractivity contribution is -0.141. The summed E-state index contributed by atoms with van der Waals surface area (Å²) in [7, 11) is 0. The van der Waals surface area contributed by atoms with Gasteiger partial charge in [-0.2, -0.15) is 13.2 Å². The fourth-order valence-electron chi connectivity index (χ4n) is 7.04. The molecule has 282 valence electrons. The van der Waals surface area contributed by atoms with Gasteiger partial charge in [-0.05, 0) is 94.6 Å². The van der Waals surface area contributed by atoms with Crippen LogP contribution >= 0.6 is 15.9 Å². The smallest absolute Gasteiger partial charge is 0.416 e. The van der Waals surface area contributed by atoms with Crippen LogP contribution in [-0.2, 0) is 33.5 Å². The van der Waals surface area contributed by atoms with E-state index in [0.717, 1.165) is 28.8 Å². The van der Waals surface area contributed by atoms with Gasteiger partial charge in [-0.15, -0.1) is 0 Å². The van der Waals surface area contributed by atoms with Crippen molar-refractivity contribution in [2.75, 3.05) is 19.7 Å². The van der Waals surface area contributed by atoms with Crippen LogP contribution in [0.25, 0.3) is 5.57 Å². The van der Waals surface area contributed by atoms with Gasteiger partial charge in [0.2, 0.25) is 5.91 Å². The fourth-order valence-corrected chi connectivity index (χ4v) is 7.41. The molecular formula is C39H40BrF4N3O6. The second-order valence-electron chi connectivity index (χ2n) is 13.9. The highest BCUT2D eigenvalue weighted by Crippen LogP contribution is 2.38. The molecule has 0 spiro atoms. The van der Waals surface area contributed by atoms with Crippen molar-refractivity contribution < 1.29 is 46.9 Å². The average Bonchev–Trinajstić information content (AvgIpc) is 3.95. The SMILES string of the molecule is O=C(O)C[C@H](O)CC(=O)N1C[C@H]2CC(c3ccc(CCCOc4cc(F)ccc4Br)cc3)=C(C(=O)N(Cc3cccc(C(F)(F)F)c3)C3CC3)[C@@H](C1)N2. The maximum atomic E-state index is 14.7. The number of nitrogens with zero attached hydrogens (tertiary/aromatic N) is 2. The Morgan fingerprint density at radius 3 is 2.45 bits per heavy atom. The molecule has 14 heteroatoms. The van der Waals surface area contributed by atoms with Gasteiger partial charge in [-0.1, -0.05) is 36.4 Å². The Kier molecular flexibility index (Phi) is 11.9. The van der Waals surface area contributed by atoms with Crippen LogP contribution in [0.15, 0.2) is 76.8 Å². The van der Waals surface area contributed by atoms with Crippen molar-refractivity contribution in [3.8, 4) is 5.75 Å². The molecule has 53 heavy (non-hydrogen) atoms. The number of alkyl halides is 3. The molecule has 2 fully saturated rings. The van der Waals surface area contributed by atoms with E-state index in [-0.39, 0.29) is 44.0 Å². The van der Waals surface area contributed by atoms with E-state index in [9.17, 15) is 37.1 Å².